The van der Waals surface area contributed by atoms with Gasteiger partial charge in [-0.1, -0.05) is 267 Å². The van der Waals surface area contributed by atoms with E-state index >= 15 is 0 Å². The zero-order valence-electron chi connectivity index (χ0n) is 66.1. The SMILES string of the molecule is CCCCC(CC)COP(=S)(OCC(CC)CCCC)SCC(C)OP(=S)(OC(C)CS)SCC(C)OP(=S)(OC(C)CSP(=S)(OC(C)CSP(=S)(OCC(CC)CCCC)OCC(CC)CCCC)OC(C)CSP(=S)(OCC(CC)CCCC)OCC(CC)CCCC)SCCC(=O)O. The molecule has 102 heavy (non-hydrogen) atoms. The maximum atomic E-state index is 12.0. The van der Waals surface area contributed by atoms with Crippen molar-refractivity contribution in [2.45, 2.75) is 322 Å². The smallest absolute Gasteiger partial charge is 0.304 e. The van der Waals surface area contributed by atoms with Crippen molar-refractivity contribution in [2.24, 2.45) is 35.5 Å². The van der Waals surface area contributed by atoms with E-state index in [1.807, 2.05) is 41.5 Å². The molecule has 0 spiro atoms. The Morgan fingerprint density at radius 3 is 0.686 bits per heavy atom. The molecule has 0 saturated carbocycles. The molecule has 0 aliphatic rings. The minimum atomic E-state index is -3.27. The van der Waals surface area contributed by atoms with Gasteiger partial charge in [0.1, 0.15) is 0 Å². The molecule has 14 atom stereocenters. The topological polar surface area (TPSA) is 148 Å². The van der Waals surface area contributed by atoms with Gasteiger partial charge < -0.3 is 59.4 Å². The van der Waals surface area contributed by atoms with Crippen LogP contribution in [0.1, 0.15) is 285 Å². The lowest BCUT2D eigenvalue weighted by Gasteiger charge is -2.32. The highest BCUT2D eigenvalue weighted by molar-refractivity contribution is 8.70. The number of thiol groups is 1. The first-order valence-electron chi connectivity index (χ1n) is 38.6. The first-order valence-corrected chi connectivity index (χ1v) is 64.6. The number of carbonyl (C=O) groups is 1. The molecule has 0 rings (SSSR count). The van der Waals surface area contributed by atoms with Gasteiger partial charge in [0.15, 0.2) is 0 Å². The molecule has 612 valence electrons. The summed E-state index contributed by atoms with van der Waals surface area (Å²) in [5.41, 5.74) is -18.0. The van der Waals surface area contributed by atoms with Crippen molar-refractivity contribution in [3.05, 3.63) is 0 Å². The second-order valence-electron chi connectivity index (χ2n) is 27.1. The zero-order valence-corrected chi connectivity index (χ0v) is 82.1. The monoisotopic (exact) mass is 1800 g/mol. The third kappa shape index (κ3) is 53.6. The van der Waals surface area contributed by atoms with Crippen LogP contribution in [-0.2, 0) is 130 Å². The van der Waals surface area contributed by atoms with Gasteiger partial charge in [-0.2, -0.15) is 12.6 Å². The van der Waals surface area contributed by atoms with E-state index in [1.54, 1.807) is 22.8 Å². The van der Waals surface area contributed by atoms with Gasteiger partial charge in [-0.25, -0.2) is 0 Å². The van der Waals surface area contributed by atoms with Crippen LogP contribution in [0.5, 0.6) is 0 Å². The van der Waals surface area contributed by atoms with E-state index < -0.39 is 64.5 Å². The molecule has 0 aromatic carbocycles. The predicted molar refractivity (Wildman–Crippen MR) is 485 cm³/mol. The van der Waals surface area contributed by atoms with Crippen LogP contribution in [-0.4, -0.2) is 128 Å². The Hall–Kier alpha value is 5.34. The fraction of sp³-hybridized carbons (Fsp3) is 0.986. The Labute approximate surface area is 686 Å². The average Bonchev–Trinajstić information content (AvgIpc) is 0.852. The van der Waals surface area contributed by atoms with Crippen molar-refractivity contribution >= 4 is 192 Å². The van der Waals surface area contributed by atoms with Crippen LogP contribution in [0.25, 0.3) is 0 Å². The third-order valence-corrected chi connectivity index (χ3v) is 50.5. The van der Waals surface area contributed by atoms with Crippen LogP contribution in [0.15, 0.2) is 0 Å². The van der Waals surface area contributed by atoms with E-state index in [2.05, 4.69) is 95.7 Å². The molecule has 0 amide bonds. The van der Waals surface area contributed by atoms with Crippen LogP contribution in [0, 0.1) is 35.5 Å². The van der Waals surface area contributed by atoms with Gasteiger partial charge >= 0.3 is 5.97 Å². The second kappa shape index (κ2) is 63.5. The molecule has 0 aliphatic carbocycles. The first kappa shape index (κ1) is 107. The summed E-state index contributed by atoms with van der Waals surface area (Å²) in [5, 5.41) is 9.84. The van der Waals surface area contributed by atoms with Crippen LogP contribution < -0.4 is 0 Å². The number of hydrogen-bond acceptors (Lipinski definition) is 26. The number of carboxylic acids is 1. The van der Waals surface area contributed by atoms with Crippen molar-refractivity contribution in [3.63, 3.8) is 0 Å². The number of carboxylic acid groups (broad SMARTS) is 1. The van der Waals surface area contributed by atoms with Gasteiger partial charge in [-0.05, 0) is 186 Å². The molecule has 1 N–H and O–H groups in total. The van der Waals surface area contributed by atoms with Gasteiger partial charge in [-0.3, -0.25) is 4.79 Å². The highest BCUT2D eigenvalue weighted by atomic mass is 32.9. The minimum absolute atomic E-state index is 0.129. The fourth-order valence-electron chi connectivity index (χ4n) is 9.90. The van der Waals surface area contributed by atoms with E-state index in [0.29, 0.717) is 110 Å². The van der Waals surface area contributed by atoms with Crippen LogP contribution >= 0.6 is 115 Å². The van der Waals surface area contributed by atoms with Gasteiger partial charge in [0, 0.05) is 40.3 Å². The molecule has 0 bridgehead atoms. The van der Waals surface area contributed by atoms with Gasteiger partial charge in [0.05, 0.1) is 82.7 Å². The van der Waals surface area contributed by atoms with Gasteiger partial charge in [0.25, 0.3) is 0 Å². The molecule has 0 heterocycles. The van der Waals surface area contributed by atoms with Crippen LogP contribution in [0.2, 0.25) is 0 Å². The van der Waals surface area contributed by atoms with Crippen molar-refractivity contribution in [2.75, 3.05) is 79.9 Å². The number of aliphatic carboxylic acids is 1. The standard InChI is InChI=1S/C69H144O14P6S13/c1-19-31-37-63(25-7)45-72-84(91,73-46-64(26-8)38-32-20-2)98-52-58(14)81-88(95,78-57(13)51-90)101-55-61(17)79-87(94,97-44-43-69(70)71)80-62(18)56-102-89(96,82-59(15)53-99-85(92,74-47-65(27-9)39-33-21-3)75-48-66(28-10)40-34-22-4)83-60(16)54-100-86(93,76-49-67(29-11)41-35-23-5)77-50-68(30-12)42-36-24-6/h57-68,90H,19-56H2,1-18H3,(H,70,71). The maximum absolute atomic E-state index is 12.0. The van der Waals surface area contributed by atoms with Crippen molar-refractivity contribution in [3.8, 4) is 0 Å². The Morgan fingerprint density at radius 2 is 0.510 bits per heavy atom. The Kier molecular flexibility index (Phi) is 66.8. The normalized spacial score (nSPS) is 19.5. The van der Waals surface area contributed by atoms with Gasteiger partial charge in [-0.15, -0.1) is 0 Å². The van der Waals surface area contributed by atoms with Crippen LogP contribution in [0.4, 0.5) is 0 Å². The molecular formula is C69H144O14P6S13. The molecular weight excluding hydrogens is 1660 g/mol. The molecule has 14 unspecified atom stereocenters. The summed E-state index contributed by atoms with van der Waals surface area (Å²) in [5.74, 6) is 4.19. The molecule has 0 radical (unpaired) electrons. The molecule has 33 heteroatoms. The first-order chi connectivity index (χ1) is 48.3. The number of unbranched alkanes of at least 4 members (excludes halogenated alkanes) is 6. The Bertz CT molecular complexity index is 2260. The van der Waals surface area contributed by atoms with Crippen molar-refractivity contribution in [1.82, 2.24) is 0 Å². The van der Waals surface area contributed by atoms with Crippen molar-refractivity contribution < 1.29 is 64.2 Å². The zero-order chi connectivity index (χ0) is 77.1. The number of rotatable bonds is 74. The summed E-state index contributed by atoms with van der Waals surface area (Å²) in [6.07, 6.45) is 23.6. The second-order valence-corrected chi connectivity index (χ2v) is 65.4. The summed E-state index contributed by atoms with van der Waals surface area (Å²) < 4.78 is 81.5. The Morgan fingerprint density at radius 1 is 0.324 bits per heavy atom. The quantitative estimate of drug-likeness (QED) is 0.0439. The summed E-state index contributed by atoms with van der Waals surface area (Å²) >= 11 is 51.8. The summed E-state index contributed by atoms with van der Waals surface area (Å²) in [6.45, 7) is 41.9. The average molecular weight is 1800 g/mol. The van der Waals surface area contributed by atoms with Crippen LogP contribution in [0.3, 0.4) is 0 Å². The summed E-state index contributed by atoms with van der Waals surface area (Å²) in [7, 11) is 0. The molecule has 14 nitrogen and oxygen atoms in total. The Balaban J connectivity index is 7.25. The highest BCUT2D eigenvalue weighted by Gasteiger charge is 2.36. The largest absolute Gasteiger partial charge is 0.481 e. The molecule has 0 fully saturated rings. The molecule has 0 saturated heterocycles. The molecule has 0 aromatic rings. The third-order valence-electron chi connectivity index (χ3n) is 17.1. The molecule has 0 aliphatic heterocycles. The maximum Gasteiger partial charge on any atom is 0.304 e. The molecule has 0 aromatic heterocycles. The lowest BCUT2D eigenvalue weighted by Crippen LogP contribution is -2.18. The fourth-order valence-corrected chi connectivity index (χ4v) is 40.2. The lowest BCUT2D eigenvalue weighted by atomic mass is 10.0. The highest BCUT2D eigenvalue weighted by Crippen LogP contribution is 2.70. The van der Waals surface area contributed by atoms with E-state index in [1.165, 1.54) is 45.5 Å². The van der Waals surface area contributed by atoms with Gasteiger partial charge in [0.2, 0.25) is 34.2 Å². The van der Waals surface area contributed by atoms with E-state index in [4.69, 9.17) is 125 Å². The lowest BCUT2D eigenvalue weighted by molar-refractivity contribution is -0.136. The van der Waals surface area contributed by atoms with E-state index in [0.717, 1.165) is 154 Å². The summed E-state index contributed by atoms with van der Waals surface area (Å²) in [4.78, 5) is 12.0. The van der Waals surface area contributed by atoms with Crippen molar-refractivity contribution in [1.29, 1.82) is 0 Å². The van der Waals surface area contributed by atoms with E-state index in [-0.39, 0.29) is 24.4 Å². The predicted octanol–water partition coefficient (Wildman–Crippen LogP) is 28.0. The van der Waals surface area contributed by atoms with E-state index in [9.17, 15) is 9.90 Å². The summed E-state index contributed by atoms with van der Waals surface area (Å²) in [6, 6.07) is 0. The minimum Gasteiger partial charge on any atom is -0.481 e. The number of hydrogen-bond donors (Lipinski definition) is 2.